The predicted octanol–water partition coefficient (Wildman–Crippen LogP) is 2.88. The van der Waals surface area contributed by atoms with Crippen molar-refractivity contribution in [3.8, 4) is 0 Å². The van der Waals surface area contributed by atoms with Gasteiger partial charge in [0, 0.05) is 23.9 Å². The number of rotatable bonds is 1. The molecule has 0 radical (unpaired) electrons. The van der Waals surface area contributed by atoms with Crippen molar-refractivity contribution in [2.75, 3.05) is 13.1 Å². The Morgan fingerprint density at radius 2 is 2.12 bits per heavy atom. The van der Waals surface area contributed by atoms with Crippen LogP contribution in [0, 0.1) is 6.92 Å². The van der Waals surface area contributed by atoms with E-state index in [9.17, 15) is 13.2 Å². The topological polar surface area (TPSA) is 24.9 Å². The molecule has 1 fully saturated rings. The molecule has 0 aliphatic carbocycles. The monoisotopic (exact) mass is 244 g/mol. The van der Waals surface area contributed by atoms with E-state index in [1.165, 1.54) is 6.07 Å². The number of nitrogens with one attached hydrogen (secondary N) is 1. The first-order valence-electron chi connectivity index (χ1n) is 5.73. The molecule has 5 heteroatoms. The van der Waals surface area contributed by atoms with Crippen molar-refractivity contribution in [1.82, 2.24) is 10.3 Å². The number of hydrogen-bond donors (Lipinski definition) is 1. The van der Waals surface area contributed by atoms with Crippen molar-refractivity contribution in [2.24, 2.45) is 0 Å². The molecule has 1 aromatic heterocycles. The summed E-state index contributed by atoms with van der Waals surface area (Å²) < 4.78 is 38.0. The zero-order chi connectivity index (χ0) is 12.5. The maximum Gasteiger partial charge on any atom is 0.416 e. The Bertz CT molecular complexity index is 395. The van der Waals surface area contributed by atoms with Crippen LogP contribution in [0.15, 0.2) is 12.1 Å². The Labute approximate surface area is 98.2 Å². The van der Waals surface area contributed by atoms with Crippen LogP contribution >= 0.6 is 0 Å². The third-order valence-corrected chi connectivity index (χ3v) is 3.02. The number of pyridine rings is 1. The molecule has 0 bridgehead atoms. The largest absolute Gasteiger partial charge is 0.416 e. The zero-order valence-corrected chi connectivity index (χ0v) is 9.64. The lowest BCUT2D eigenvalue weighted by molar-refractivity contribution is -0.137. The minimum atomic E-state index is -4.29. The van der Waals surface area contributed by atoms with Crippen molar-refractivity contribution >= 4 is 0 Å². The van der Waals surface area contributed by atoms with Gasteiger partial charge in [-0.3, -0.25) is 4.98 Å². The maximum atomic E-state index is 12.7. The van der Waals surface area contributed by atoms with Crippen molar-refractivity contribution in [3.05, 3.63) is 29.1 Å². The predicted molar refractivity (Wildman–Crippen MR) is 58.8 cm³/mol. The van der Waals surface area contributed by atoms with Crippen LogP contribution in [0.1, 0.15) is 35.7 Å². The van der Waals surface area contributed by atoms with Gasteiger partial charge in [0.25, 0.3) is 0 Å². The summed E-state index contributed by atoms with van der Waals surface area (Å²) in [6, 6.07) is 2.28. The fourth-order valence-corrected chi connectivity index (χ4v) is 2.17. The van der Waals surface area contributed by atoms with E-state index in [-0.39, 0.29) is 5.92 Å². The van der Waals surface area contributed by atoms with E-state index in [2.05, 4.69) is 10.3 Å². The fraction of sp³-hybridized carbons (Fsp3) is 0.583. The molecule has 1 saturated heterocycles. The molecule has 0 aromatic carbocycles. The molecule has 0 amide bonds. The van der Waals surface area contributed by atoms with Gasteiger partial charge >= 0.3 is 6.18 Å². The van der Waals surface area contributed by atoms with Crippen molar-refractivity contribution in [1.29, 1.82) is 0 Å². The zero-order valence-electron chi connectivity index (χ0n) is 9.64. The number of halogens is 3. The van der Waals surface area contributed by atoms with Gasteiger partial charge in [0.05, 0.1) is 5.56 Å². The molecule has 2 heterocycles. The average molecular weight is 244 g/mol. The Morgan fingerprint density at radius 1 is 1.35 bits per heavy atom. The van der Waals surface area contributed by atoms with Gasteiger partial charge in [0.2, 0.25) is 0 Å². The molecule has 0 spiro atoms. The molecule has 1 aliphatic rings. The van der Waals surface area contributed by atoms with E-state index in [1.807, 2.05) is 0 Å². The summed E-state index contributed by atoms with van der Waals surface area (Å²) in [5, 5.41) is 3.19. The first kappa shape index (κ1) is 12.4. The average Bonchev–Trinajstić information content (AvgIpc) is 2.28. The molecule has 1 N–H and O–H groups in total. The van der Waals surface area contributed by atoms with Crippen LogP contribution in [0.3, 0.4) is 0 Å². The van der Waals surface area contributed by atoms with Crippen molar-refractivity contribution < 1.29 is 13.2 Å². The highest BCUT2D eigenvalue weighted by atomic mass is 19.4. The van der Waals surface area contributed by atoms with Gasteiger partial charge < -0.3 is 5.32 Å². The third-order valence-electron chi connectivity index (χ3n) is 3.02. The second kappa shape index (κ2) is 4.64. The molecule has 1 unspecified atom stereocenters. The van der Waals surface area contributed by atoms with Gasteiger partial charge in [-0.25, -0.2) is 0 Å². The summed E-state index contributed by atoms with van der Waals surface area (Å²) in [4.78, 5) is 4.23. The summed E-state index contributed by atoms with van der Waals surface area (Å²) in [6.07, 6.45) is -2.40. The highest BCUT2D eigenvalue weighted by Gasteiger charge is 2.32. The standard InChI is InChI=1S/C12H15F3N2/c1-8-5-10(12(13,14)15)6-11(17-8)9-3-2-4-16-7-9/h5-6,9,16H,2-4,7H2,1H3. The highest BCUT2D eigenvalue weighted by Crippen LogP contribution is 2.32. The maximum absolute atomic E-state index is 12.7. The van der Waals surface area contributed by atoms with E-state index in [1.54, 1.807) is 6.92 Å². The Hall–Kier alpha value is -1.10. The first-order valence-corrected chi connectivity index (χ1v) is 5.73. The number of hydrogen-bond acceptors (Lipinski definition) is 2. The van der Waals surface area contributed by atoms with Crippen molar-refractivity contribution in [3.63, 3.8) is 0 Å². The number of nitrogens with zero attached hydrogens (tertiary/aromatic N) is 1. The van der Waals surface area contributed by atoms with Crippen LogP contribution < -0.4 is 5.32 Å². The summed E-state index contributed by atoms with van der Waals surface area (Å²) in [7, 11) is 0. The van der Waals surface area contributed by atoms with Gasteiger partial charge in [0.15, 0.2) is 0 Å². The van der Waals surface area contributed by atoms with E-state index < -0.39 is 11.7 Å². The molecule has 1 aliphatic heterocycles. The van der Waals surface area contributed by atoms with Crippen LogP contribution in [0.2, 0.25) is 0 Å². The van der Waals surface area contributed by atoms with E-state index in [0.717, 1.165) is 25.5 Å². The number of piperidine rings is 1. The Kier molecular flexibility index (Phi) is 3.38. The van der Waals surface area contributed by atoms with E-state index >= 15 is 0 Å². The molecule has 0 saturated carbocycles. The molecular formula is C12H15F3N2. The highest BCUT2D eigenvalue weighted by molar-refractivity contribution is 5.26. The first-order chi connectivity index (χ1) is 7.97. The minimum absolute atomic E-state index is 0.102. The van der Waals surface area contributed by atoms with Crippen LogP contribution in [-0.4, -0.2) is 18.1 Å². The third kappa shape index (κ3) is 2.97. The van der Waals surface area contributed by atoms with Crippen LogP contribution in [0.25, 0.3) is 0 Å². The number of aryl methyl sites for hydroxylation is 1. The number of alkyl halides is 3. The molecule has 94 valence electrons. The SMILES string of the molecule is Cc1cc(C(F)(F)F)cc(C2CCCNC2)n1. The van der Waals surface area contributed by atoms with Gasteiger partial charge in [0.1, 0.15) is 0 Å². The quantitative estimate of drug-likeness (QED) is 0.821. The van der Waals surface area contributed by atoms with Crippen LogP contribution in [0.5, 0.6) is 0 Å². The molecule has 1 aromatic rings. The Balaban J connectivity index is 2.31. The summed E-state index contributed by atoms with van der Waals surface area (Å²) in [6.45, 7) is 3.26. The van der Waals surface area contributed by atoms with Crippen LogP contribution in [-0.2, 0) is 6.18 Å². The second-order valence-corrected chi connectivity index (χ2v) is 4.46. The fourth-order valence-electron chi connectivity index (χ4n) is 2.17. The van der Waals surface area contributed by atoms with Crippen LogP contribution in [0.4, 0.5) is 13.2 Å². The molecule has 1 atom stereocenters. The normalized spacial score (nSPS) is 21.5. The Morgan fingerprint density at radius 3 is 2.71 bits per heavy atom. The van der Waals surface area contributed by atoms with Gasteiger partial charge in [-0.1, -0.05) is 0 Å². The van der Waals surface area contributed by atoms with Gasteiger partial charge in [-0.05, 0) is 38.4 Å². The summed E-state index contributed by atoms with van der Waals surface area (Å²) >= 11 is 0. The lowest BCUT2D eigenvalue weighted by Gasteiger charge is -2.23. The van der Waals surface area contributed by atoms with Gasteiger partial charge in [-0.2, -0.15) is 13.2 Å². The summed E-state index contributed by atoms with van der Waals surface area (Å²) in [5.41, 5.74) is 0.399. The smallest absolute Gasteiger partial charge is 0.316 e. The molecular weight excluding hydrogens is 229 g/mol. The molecule has 2 rings (SSSR count). The second-order valence-electron chi connectivity index (χ2n) is 4.46. The van der Waals surface area contributed by atoms with E-state index in [0.29, 0.717) is 17.9 Å². The lowest BCUT2D eigenvalue weighted by atomic mass is 9.94. The molecule has 2 nitrogen and oxygen atoms in total. The lowest BCUT2D eigenvalue weighted by Crippen LogP contribution is -2.29. The minimum Gasteiger partial charge on any atom is -0.316 e. The number of aromatic nitrogens is 1. The van der Waals surface area contributed by atoms with Crippen molar-refractivity contribution in [2.45, 2.75) is 31.9 Å². The molecule has 17 heavy (non-hydrogen) atoms. The van der Waals surface area contributed by atoms with E-state index in [4.69, 9.17) is 0 Å². The van der Waals surface area contributed by atoms with Gasteiger partial charge in [-0.15, -0.1) is 0 Å². The summed E-state index contributed by atoms with van der Waals surface area (Å²) in [5.74, 6) is 0.102.